The number of hydrogen-bond acceptors (Lipinski definition) is 2. The van der Waals surface area contributed by atoms with Crippen molar-refractivity contribution in [2.24, 2.45) is 22.5 Å². The molecule has 0 radical (unpaired) electrons. The van der Waals surface area contributed by atoms with Gasteiger partial charge in [0.1, 0.15) is 0 Å². The topological polar surface area (TPSA) is 46.3 Å². The molecule has 0 spiro atoms. The lowest BCUT2D eigenvalue weighted by Crippen LogP contribution is -2.50. The van der Waals surface area contributed by atoms with Crippen LogP contribution in [0.15, 0.2) is 0 Å². The maximum atomic E-state index is 13.0. The number of nitrogens with two attached hydrogens (primary N) is 1. The first-order valence-electron chi connectivity index (χ1n) is 8.38. The van der Waals surface area contributed by atoms with Gasteiger partial charge < -0.3 is 10.6 Å². The Balaban J connectivity index is 2.05. The lowest BCUT2D eigenvalue weighted by molar-refractivity contribution is -0.144. The van der Waals surface area contributed by atoms with Gasteiger partial charge in [-0.05, 0) is 56.3 Å². The lowest BCUT2D eigenvalue weighted by Gasteiger charge is -2.40. The van der Waals surface area contributed by atoms with Crippen molar-refractivity contribution in [2.45, 2.75) is 65.7 Å². The quantitative estimate of drug-likeness (QED) is 0.844. The summed E-state index contributed by atoms with van der Waals surface area (Å²) in [7, 11) is 0. The number of likely N-dealkylation sites (tertiary alicyclic amines) is 1. The zero-order chi connectivity index (χ0) is 14.8. The van der Waals surface area contributed by atoms with Gasteiger partial charge in [0.2, 0.25) is 5.91 Å². The summed E-state index contributed by atoms with van der Waals surface area (Å²) in [4.78, 5) is 15.1. The molecule has 0 atom stereocenters. The SMILES string of the molecule is CC1CCC(CN)(C(=O)N2CCCC(C)(C)CC2)CC1. The van der Waals surface area contributed by atoms with E-state index in [2.05, 4.69) is 25.7 Å². The highest BCUT2D eigenvalue weighted by molar-refractivity contribution is 5.83. The maximum Gasteiger partial charge on any atom is 0.230 e. The van der Waals surface area contributed by atoms with Gasteiger partial charge in [0.05, 0.1) is 5.41 Å². The van der Waals surface area contributed by atoms with E-state index < -0.39 is 0 Å². The van der Waals surface area contributed by atoms with Gasteiger partial charge in [-0.3, -0.25) is 4.79 Å². The molecular weight excluding hydrogens is 248 g/mol. The lowest BCUT2D eigenvalue weighted by atomic mass is 9.70. The maximum absolute atomic E-state index is 13.0. The fourth-order valence-electron chi connectivity index (χ4n) is 3.78. The Kier molecular flexibility index (Phi) is 4.78. The van der Waals surface area contributed by atoms with Crippen LogP contribution >= 0.6 is 0 Å². The third-order valence-electron chi connectivity index (χ3n) is 5.70. The molecule has 0 bridgehead atoms. The number of rotatable bonds is 2. The Morgan fingerprint density at radius 3 is 2.40 bits per heavy atom. The third kappa shape index (κ3) is 3.36. The van der Waals surface area contributed by atoms with Crippen molar-refractivity contribution in [2.75, 3.05) is 19.6 Å². The van der Waals surface area contributed by atoms with Crippen molar-refractivity contribution in [1.82, 2.24) is 4.90 Å². The van der Waals surface area contributed by atoms with Gasteiger partial charge in [0.15, 0.2) is 0 Å². The third-order valence-corrected chi connectivity index (χ3v) is 5.70. The Labute approximate surface area is 124 Å². The minimum Gasteiger partial charge on any atom is -0.342 e. The summed E-state index contributed by atoms with van der Waals surface area (Å²) in [5.41, 5.74) is 6.17. The van der Waals surface area contributed by atoms with E-state index in [1.807, 2.05) is 0 Å². The number of amides is 1. The summed E-state index contributed by atoms with van der Waals surface area (Å²) in [5, 5.41) is 0. The van der Waals surface area contributed by atoms with Crippen molar-refractivity contribution < 1.29 is 4.79 Å². The second-order valence-corrected chi connectivity index (χ2v) is 7.98. The molecular formula is C17H32N2O. The van der Waals surface area contributed by atoms with Crippen molar-refractivity contribution in [3.8, 4) is 0 Å². The Morgan fingerprint density at radius 2 is 1.80 bits per heavy atom. The number of carbonyl (C=O) groups is 1. The van der Waals surface area contributed by atoms with E-state index in [1.54, 1.807) is 0 Å². The van der Waals surface area contributed by atoms with E-state index in [0.717, 1.165) is 57.5 Å². The minimum atomic E-state index is -0.249. The highest BCUT2D eigenvalue weighted by atomic mass is 16.2. The molecule has 1 aliphatic carbocycles. The molecule has 1 saturated heterocycles. The summed E-state index contributed by atoms with van der Waals surface area (Å²) in [6, 6.07) is 0. The minimum absolute atomic E-state index is 0.249. The molecule has 1 aliphatic heterocycles. The van der Waals surface area contributed by atoms with E-state index in [9.17, 15) is 4.79 Å². The van der Waals surface area contributed by atoms with Gasteiger partial charge in [0.25, 0.3) is 0 Å². The Morgan fingerprint density at radius 1 is 1.15 bits per heavy atom. The molecule has 1 saturated carbocycles. The van der Waals surface area contributed by atoms with Crippen LogP contribution in [-0.4, -0.2) is 30.4 Å². The fourth-order valence-corrected chi connectivity index (χ4v) is 3.78. The first-order chi connectivity index (χ1) is 9.38. The molecule has 1 heterocycles. The highest BCUT2D eigenvalue weighted by Crippen LogP contribution is 2.40. The molecule has 0 aromatic heterocycles. The smallest absolute Gasteiger partial charge is 0.230 e. The Hall–Kier alpha value is -0.570. The highest BCUT2D eigenvalue weighted by Gasteiger charge is 2.42. The largest absolute Gasteiger partial charge is 0.342 e. The second-order valence-electron chi connectivity index (χ2n) is 7.98. The molecule has 0 aromatic rings. The van der Waals surface area contributed by atoms with Gasteiger partial charge in [-0.2, -0.15) is 0 Å². The molecule has 2 aliphatic rings. The van der Waals surface area contributed by atoms with Gasteiger partial charge >= 0.3 is 0 Å². The van der Waals surface area contributed by atoms with Crippen LogP contribution in [0.3, 0.4) is 0 Å². The molecule has 3 heteroatoms. The average Bonchev–Trinajstić information content (AvgIpc) is 2.60. The van der Waals surface area contributed by atoms with Gasteiger partial charge in [-0.15, -0.1) is 0 Å². The molecule has 116 valence electrons. The van der Waals surface area contributed by atoms with Crippen LogP contribution in [0.4, 0.5) is 0 Å². The van der Waals surface area contributed by atoms with Gasteiger partial charge in [-0.1, -0.05) is 20.8 Å². The van der Waals surface area contributed by atoms with Gasteiger partial charge in [0, 0.05) is 19.6 Å². The van der Waals surface area contributed by atoms with Crippen molar-refractivity contribution in [3.63, 3.8) is 0 Å². The number of nitrogens with zero attached hydrogens (tertiary/aromatic N) is 1. The molecule has 0 aromatic carbocycles. The summed E-state index contributed by atoms with van der Waals surface area (Å²) in [6.07, 6.45) is 7.77. The van der Waals surface area contributed by atoms with Crippen LogP contribution in [0.25, 0.3) is 0 Å². The second kappa shape index (κ2) is 6.05. The van der Waals surface area contributed by atoms with E-state index in [4.69, 9.17) is 5.73 Å². The zero-order valence-corrected chi connectivity index (χ0v) is 13.6. The van der Waals surface area contributed by atoms with E-state index in [1.165, 1.54) is 6.42 Å². The number of carbonyl (C=O) groups excluding carboxylic acids is 1. The molecule has 20 heavy (non-hydrogen) atoms. The van der Waals surface area contributed by atoms with Crippen LogP contribution in [0.5, 0.6) is 0 Å². The molecule has 2 N–H and O–H groups in total. The van der Waals surface area contributed by atoms with Crippen molar-refractivity contribution in [3.05, 3.63) is 0 Å². The van der Waals surface area contributed by atoms with Gasteiger partial charge in [-0.25, -0.2) is 0 Å². The van der Waals surface area contributed by atoms with E-state index >= 15 is 0 Å². The van der Waals surface area contributed by atoms with Crippen molar-refractivity contribution >= 4 is 5.91 Å². The predicted molar refractivity (Wildman–Crippen MR) is 83.3 cm³/mol. The Bertz CT molecular complexity index is 343. The summed E-state index contributed by atoms with van der Waals surface area (Å²) < 4.78 is 0. The average molecular weight is 280 g/mol. The normalized spacial score (nSPS) is 34.6. The van der Waals surface area contributed by atoms with Crippen LogP contribution in [0.2, 0.25) is 0 Å². The standard InChI is InChI=1S/C17H32N2O/c1-14-5-8-17(13-18,9-6-14)15(20)19-11-4-7-16(2,3)10-12-19/h14H,4-13,18H2,1-3H3. The summed E-state index contributed by atoms with van der Waals surface area (Å²) in [6.45, 7) is 9.31. The first kappa shape index (κ1) is 15.8. The summed E-state index contributed by atoms with van der Waals surface area (Å²) >= 11 is 0. The van der Waals surface area contributed by atoms with Crippen LogP contribution < -0.4 is 5.73 Å². The first-order valence-corrected chi connectivity index (χ1v) is 8.38. The zero-order valence-electron chi connectivity index (χ0n) is 13.6. The predicted octanol–water partition coefficient (Wildman–Crippen LogP) is 3.18. The molecule has 2 rings (SSSR count). The molecule has 0 unspecified atom stereocenters. The monoisotopic (exact) mass is 280 g/mol. The number of hydrogen-bond donors (Lipinski definition) is 1. The van der Waals surface area contributed by atoms with E-state index in [0.29, 0.717) is 17.9 Å². The fraction of sp³-hybridized carbons (Fsp3) is 0.941. The molecule has 2 fully saturated rings. The summed E-state index contributed by atoms with van der Waals surface area (Å²) in [5.74, 6) is 1.11. The van der Waals surface area contributed by atoms with Crippen LogP contribution in [-0.2, 0) is 4.79 Å². The van der Waals surface area contributed by atoms with Crippen LogP contribution in [0.1, 0.15) is 65.7 Å². The van der Waals surface area contributed by atoms with Crippen molar-refractivity contribution in [1.29, 1.82) is 0 Å². The van der Waals surface area contributed by atoms with E-state index in [-0.39, 0.29) is 5.41 Å². The van der Waals surface area contributed by atoms with Crippen LogP contribution in [0, 0.1) is 16.7 Å². The molecule has 3 nitrogen and oxygen atoms in total. The molecule has 1 amide bonds.